The molecule has 1 saturated carbocycles. The maximum absolute atomic E-state index is 3.82. The number of hydrogen-bond donors (Lipinski definition) is 2. The normalized spacial score (nSPS) is 18.8. The highest BCUT2D eigenvalue weighted by atomic mass is 35.5. The standard InChI is InChI=1S/C24H34N2.2ClH/c1-2-3-9-20-14-16-22(17-15-20)19-26-24-13-8-7-12-23(24)25-18-21-10-5-4-6-11-21;;/h4-6,10-11,14-17,23-26H,2-3,7-9,12-13,18-19H2,1H3;2*1H. The molecule has 2 nitrogen and oxygen atoms in total. The van der Waals surface area contributed by atoms with Gasteiger partial charge < -0.3 is 10.6 Å². The SMILES string of the molecule is CCCCc1ccc(CNC2CCCCC2NCc2ccccc2)cc1.Cl.Cl. The van der Waals surface area contributed by atoms with Crippen LogP contribution in [0.3, 0.4) is 0 Å². The second-order valence-electron chi connectivity index (χ2n) is 7.66. The van der Waals surface area contributed by atoms with Crippen molar-refractivity contribution in [3.05, 3.63) is 71.3 Å². The van der Waals surface area contributed by atoms with E-state index in [9.17, 15) is 0 Å². The lowest BCUT2D eigenvalue weighted by Gasteiger charge is -2.33. The second-order valence-corrected chi connectivity index (χ2v) is 7.66. The summed E-state index contributed by atoms with van der Waals surface area (Å²) in [6.45, 7) is 4.20. The molecule has 1 aliphatic rings. The van der Waals surface area contributed by atoms with Crippen molar-refractivity contribution in [1.29, 1.82) is 0 Å². The third kappa shape index (κ3) is 8.13. The summed E-state index contributed by atoms with van der Waals surface area (Å²) in [6, 6.07) is 21.1. The molecule has 2 atom stereocenters. The van der Waals surface area contributed by atoms with Gasteiger partial charge in [0.05, 0.1) is 0 Å². The summed E-state index contributed by atoms with van der Waals surface area (Å²) in [7, 11) is 0. The fourth-order valence-electron chi connectivity index (χ4n) is 3.92. The molecule has 0 spiro atoms. The molecular weight excluding hydrogens is 387 g/mol. The Labute approximate surface area is 183 Å². The van der Waals surface area contributed by atoms with Crippen molar-refractivity contribution in [2.45, 2.75) is 77.0 Å². The van der Waals surface area contributed by atoms with Gasteiger partial charge in [0.2, 0.25) is 0 Å². The number of hydrogen-bond acceptors (Lipinski definition) is 2. The first-order chi connectivity index (χ1) is 12.8. The molecule has 2 aromatic rings. The fourth-order valence-corrected chi connectivity index (χ4v) is 3.92. The molecule has 1 aliphatic carbocycles. The fraction of sp³-hybridized carbons (Fsp3) is 0.500. The van der Waals surface area contributed by atoms with Gasteiger partial charge in [-0.15, -0.1) is 24.8 Å². The number of halogens is 2. The van der Waals surface area contributed by atoms with Gasteiger partial charge in [-0.05, 0) is 42.4 Å². The van der Waals surface area contributed by atoms with E-state index >= 15 is 0 Å². The van der Waals surface area contributed by atoms with Crippen molar-refractivity contribution in [3.8, 4) is 0 Å². The van der Waals surface area contributed by atoms with Crippen molar-refractivity contribution >= 4 is 24.8 Å². The molecule has 28 heavy (non-hydrogen) atoms. The summed E-state index contributed by atoms with van der Waals surface area (Å²) < 4.78 is 0. The number of aryl methyl sites for hydroxylation is 1. The highest BCUT2D eigenvalue weighted by molar-refractivity contribution is 5.85. The molecule has 2 N–H and O–H groups in total. The molecule has 0 radical (unpaired) electrons. The van der Waals surface area contributed by atoms with Crippen molar-refractivity contribution in [2.75, 3.05) is 0 Å². The van der Waals surface area contributed by atoms with Gasteiger partial charge in [0.25, 0.3) is 0 Å². The first kappa shape index (κ1) is 25.0. The van der Waals surface area contributed by atoms with E-state index in [1.54, 1.807) is 0 Å². The topological polar surface area (TPSA) is 24.1 Å². The van der Waals surface area contributed by atoms with Crippen molar-refractivity contribution in [2.24, 2.45) is 0 Å². The van der Waals surface area contributed by atoms with Crippen LogP contribution >= 0.6 is 24.8 Å². The lowest BCUT2D eigenvalue weighted by molar-refractivity contribution is 0.281. The minimum Gasteiger partial charge on any atom is -0.308 e. The minimum absolute atomic E-state index is 0. The molecular formula is C24H36Cl2N2. The zero-order valence-electron chi connectivity index (χ0n) is 17.0. The first-order valence-corrected chi connectivity index (χ1v) is 10.4. The molecule has 1 fully saturated rings. The Morgan fingerprint density at radius 1 is 0.714 bits per heavy atom. The predicted molar refractivity (Wildman–Crippen MR) is 126 cm³/mol. The Morgan fingerprint density at radius 3 is 1.75 bits per heavy atom. The van der Waals surface area contributed by atoms with E-state index in [1.807, 2.05) is 0 Å². The Hall–Kier alpha value is -1.06. The van der Waals surface area contributed by atoms with Crippen LogP contribution < -0.4 is 10.6 Å². The smallest absolute Gasteiger partial charge is 0.0224 e. The van der Waals surface area contributed by atoms with Gasteiger partial charge in [-0.1, -0.05) is 80.8 Å². The number of rotatable bonds is 9. The molecule has 0 bridgehead atoms. The van der Waals surface area contributed by atoms with Crippen LogP contribution in [0, 0.1) is 0 Å². The molecule has 3 rings (SSSR count). The van der Waals surface area contributed by atoms with E-state index in [1.165, 1.54) is 61.6 Å². The van der Waals surface area contributed by atoms with Crippen LogP contribution in [-0.2, 0) is 19.5 Å². The van der Waals surface area contributed by atoms with E-state index in [2.05, 4.69) is 72.2 Å². The van der Waals surface area contributed by atoms with Crippen LogP contribution in [0.5, 0.6) is 0 Å². The van der Waals surface area contributed by atoms with Gasteiger partial charge in [-0.3, -0.25) is 0 Å². The maximum atomic E-state index is 3.82. The van der Waals surface area contributed by atoms with Gasteiger partial charge in [0.15, 0.2) is 0 Å². The van der Waals surface area contributed by atoms with E-state index in [0.717, 1.165) is 13.1 Å². The van der Waals surface area contributed by atoms with Crippen LogP contribution in [0.15, 0.2) is 54.6 Å². The average molecular weight is 423 g/mol. The highest BCUT2D eigenvalue weighted by Crippen LogP contribution is 2.20. The lowest BCUT2D eigenvalue weighted by Crippen LogP contribution is -2.49. The molecule has 0 aliphatic heterocycles. The largest absolute Gasteiger partial charge is 0.308 e. The van der Waals surface area contributed by atoms with Crippen LogP contribution in [0.2, 0.25) is 0 Å². The summed E-state index contributed by atoms with van der Waals surface area (Å²) >= 11 is 0. The quantitative estimate of drug-likeness (QED) is 0.512. The molecule has 0 saturated heterocycles. The summed E-state index contributed by atoms with van der Waals surface area (Å²) in [6.07, 6.45) is 9.00. The van der Waals surface area contributed by atoms with Crippen LogP contribution in [0.25, 0.3) is 0 Å². The third-order valence-electron chi connectivity index (χ3n) is 5.59. The molecule has 156 valence electrons. The molecule has 0 aromatic heterocycles. The number of benzene rings is 2. The van der Waals surface area contributed by atoms with Gasteiger partial charge in [0.1, 0.15) is 0 Å². The Morgan fingerprint density at radius 2 is 1.21 bits per heavy atom. The molecule has 0 heterocycles. The van der Waals surface area contributed by atoms with Crippen LogP contribution in [0.4, 0.5) is 0 Å². The van der Waals surface area contributed by atoms with Crippen molar-refractivity contribution < 1.29 is 0 Å². The molecule has 4 heteroatoms. The summed E-state index contributed by atoms with van der Waals surface area (Å²) in [5.74, 6) is 0. The molecule has 2 unspecified atom stereocenters. The Bertz CT molecular complexity index is 631. The Balaban J connectivity index is 0.00000196. The average Bonchev–Trinajstić information content (AvgIpc) is 2.71. The Kier molecular flexibility index (Phi) is 12.5. The monoisotopic (exact) mass is 422 g/mol. The molecule has 0 amide bonds. The first-order valence-electron chi connectivity index (χ1n) is 10.4. The van der Waals surface area contributed by atoms with Gasteiger partial charge >= 0.3 is 0 Å². The van der Waals surface area contributed by atoms with E-state index < -0.39 is 0 Å². The zero-order valence-corrected chi connectivity index (χ0v) is 18.7. The number of unbranched alkanes of at least 4 members (excludes halogenated alkanes) is 1. The number of nitrogens with one attached hydrogen (secondary N) is 2. The maximum Gasteiger partial charge on any atom is 0.0224 e. The minimum atomic E-state index is 0. The summed E-state index contributed by atoms with van der Waals surface area (Å²) in [4.78, 5) is 0. The highest BCUT2D eigenvalue weighted by Gasteiger charge is 2.24. The van der Waals surface area contributed by atoms with Crippen molar-refractivity contribution in [3.63, 3.8) is 0 Å². The lowest BCUT2D eigenvalue weighted by atomic mass is 9.90. The zero-order chi connectivity index (χ0) is 18.0. The van der Waals surface area contributed by atoms with E-state index in [4.69, 9.17) is 0 Å². The second kappa shape index (κ2) is 14.0. The van der Waals surface area contributed by atoms with Gasteiger partial charge in [-0.2, -0.15) is 0 Å². The predicted octanol–water partition coefficient (Wildman–Crippen LogP) is 6.06. The van der Waals surface area contributed by atoms with E-state index in [0.29, 0.717) is 12.1 Å². The van der Waals surface area contributed by atoms with E-state index in [-0.39, 0.29) is 24.8 Å². The summed E-state index contributed by atoms with van der Waals surface area (Å²) in [5.41, 5.74) is 4.24. The molecule has 2 aromatic carbocycles. The van der Waals surface area contributed by atoms with Crippen molar-refractivity contribution in [1.82, 2.24) is 10.6 Å². The van der Waals surface area contributed by atoms with Crippen LogP contribution in [0.1, 0.15) is 62.1 Å². The third-order valence-corrected chi connectivity index (χ3v) is 5.59. The summed E-state index contributed by atoms with van der Waals surface area (Å²) in [5, 5.41) is 7.62. The van der Waals surface area contributed by atoms with Gasteiger partial charge in [-0.25, -0.2) is 0 Å². The van der Waals surface area contributed by atoms with Gasteiger partial charge in [0, 0.05) is 25.2 Å². The van der Waals surface area contributed by atoms with Crippen LogP contribution in [-0.4, -0.2) is 12.1 Å².